The number of nitrogens with two attached hydrogens (primary N) is 1. The summed E-state index contributed by atoms with van der Waals surface area (Å²) < 4.78 is 2.57. The summed E-state index contributed by atoms with van der Waals surface area (Å²) >= 11 is 8.10. The molecule has 2 amide bonds. The summed E-state index contributed by atoms with van der Waals surface area (Å²) in [4.78, 5) is 12.7. The molecule has 33 heavy (non-hydrogen) atoms. The Morgan fingerprint density at radius 2 is 1.91 bits per heavy atom. The normalized spacial score (nSPS) is 18.2. The molecule has 0 aliphatic heterocycles. The maximum atomic E-state index is 11.3. The zero-order valence-electron chi connectivity index (χ0n) is 20.1. The predicted octanol–water partition coefficient (Wildman–Crippen LogP) is 7.13. The quantitative estimate of drug-likeness (QED) is 0.351. The average Bonchev–Trinajstić information content (AvgIpc) is 3.44. The molecule has 0 radical (unpaired) electrons. The lowest BCUT2D eigenvalue weighted by Crippen LogP contribution is -2.31. The number of carbonyl (C=O) groups excluding carboxylic acids is 1. The first-order valence-electron chi connectivity index (χ1n) is 11.7. The van der Waals surface area contributed by atoms with Crippen molar-refractivity contribution in [1.82, 2.24) is 9.88 Å². The molecule has 6 heteroatoms. The fourth-order valence-electron chi connectivity index (χ4n) is 4.48. The minimum absolute atomic E-state index is 0.0812. The monoisotopic (exact) mass is 483 g/mol. The molecule has 2 aromatic carbocycles. The van der Waals surface area contributed by atoms with Gasteiger partial charge in [0.25, 0.3) is 0 Å². The highest BCUT2D eigenvalue weighted by Gasteiger charge is 2.43. The largest absolute Gasteiger partial charge is 0.352 e. The molecule has 3 aromatic rings. The number of thioether (sulfide) groups is 1. The van der Waals surface area contributed by atoms with Crippen LogP contribution >= 0.6 is 23.4 Å². The summed E-state index contributed by atoms with van der Waals surface area (Å²) in [5, 5.41) is 4.90. The molecule has 4 rings (SSSR count). The van der Waals surface area contributed by atoms with Crippen LogP contribution in [0.5, 0.6) is 0 Å². The van der Waals surface area contributed by atoms with Gasteiger partial charge < -0.3 is 15.6 Å². The standard InChI is InChI=1S/C27H34ClN3OS/c1-16(2)18-8-11-23-22(12-18)25(33-27(3,4)5)24(21-13-19(21)14-30-26(29)32)31(23)15-17-6-9-20(28)10-7-17/h6-12,16,19,21H,13-15H2,1-5H3,(H3,29,30,32)/t19-,21+/m0/s1. The highest BCUT2D eigenvalue weighted by Crippen LogP contribution is 2.54. The molecule has 1 aliphatic carbocycles. The molecule has 176 valence electrons. The number of nitrogens with one attached hydrogen (secondary N) is 1. The van der Waals surface area contributed by atoms with Crippen LogP contribution in [0.2, 0.25) is 5.02 Å². The first-order chi connectivity index (χ1) is 15.5. The van der Waals surface area contributed by atoms with Crippen molar-refractivity contribution in [3.05, 3.63) is 64.3 Å². The smallest absolute Gasteiger partial charge is 0.312 e. The minimum Gasteiger partial charge on any atom is -0.352 e. The topological polar surface area (TPSA) is 60.0 Å². The number of rotatable bonds is 7. The SMILES string of the molecule is CC(C)c1ccc2c(c1)c(SC(C)(C)C)c([C@@H]1C[C@H]1CNC(N)=O)n2Cc1ccc(Cl)cc1. The molecule has 3 N–H and O–H groups in total. The summed E-state index contributed by atoms with van der Waals surface area (Å²) in [6.45, 7) is 12.7. The Balaban J connectivity index is 1.86. The Labute approximate surface area is 206 Å². The van der Waals surface area contributed by atoms with Crippen molar-refractivity contribution in [3.8, 4) is 0 Å². The van der Waals surface area contributed by atoms with Gasteiger partial charge in [-0.2, -0.15) is 0 Å². The van der Waals surface area contributed by atoms with Gasteiger partial charge in [-0.05, 0) is 53.6 Å². The van der Waals surface area contributed by atoms with Crippen LogP contribution < -0.4 is 11.1 Å². The van der Waals surface area contributed by atoms with Crippen LogP contribution in [0.25, 0.3) is 10.9 Å². The van der Waals surface area contributed by atoms with E-state index >= 15 is 0 Å². The van der Waals surface area contributed by atoms with Crippen LogP contribution in [0.4, 0.5) is 4.79 Å². The lowest BCUT2D eigenvalue weighted by Gasteiger charge is -2.20. The Morgan fingerprint density at radius 1 is 1.21 bits per heavy atom. The number of nitrogens with zero attached hydrogens (tertiary/aromatic N) is 1. The Hall–Kier alpha value is -2.11. The number of benzene rings is 2. The minimum atomic E-state index is -0.451. The number of hydrogen-bond acceptors (Lipinski definition) is 2. The van der Waals surface area contributed by atoms with E-state index in [4.69, 9.17) is 17.3 Å². The van der Waals surface area contributed by atoms with Crippen LogP contribution in [0.1, 0.15) is 69.7 Å². The second-order valence-corrected chi connectivity index (χ2v) is 12.7. The van der Waals surface area contributed by atoms with Crippen molar-refractivity contribution in [1.29, 1.82) is 0 Å². The Morgan fingerprint density at radius 3 is 2.52 bits per heavy atom. The first kappa shape index (κ1) is 24.0. The molecule has 4 nitrogen and oxygen atoms in total. The van der Waals surface area contributed by atoms with Crippen LogP contribution in [0.15, 0.2) is 47.4 Å². The lowest BCUT2D eigenvalue weighted by atomic mass is 10.0. The third-order valence-electron chi connectivity index (χ3n) is 6.22. The van der Waals surface area contributed by atoms with Crippen molar-refractivity contribution in [2.75, 3.05) is 6.54 Å². The molecule has 2 atom stereocenters. The molecule has 0 saturated heterocycles. The van der Waals surface area contributed by atoms with Gasteiger partial charge in [-0.25, -0.2) is 4.79 Å². The number of urea groups is 1. The van der Waals surface area contributed by atoms with E-state index in [0.29, 0.717) is 24.3 Å². The predicted molar refractivity (Wildman–Crippen MR) is 141 cm³/mol. The number of carbonyl (C=O) groups is 1. The van der Waals surface area contributed by atoms with Gasteiger partial charge in [0.05, 0.1) is 0 Å². The van der Waals surface area contributed by atoms with Crippen LogP contribution in [-0.2, 0) is 6.54 Å². The maximum Gasteiger partial charge on any atom is 0.312 e. The van der Waals surface area contributed by atoms with Crippen molar-refractivity contribution in [3.63, 3.8) is 0 Å². The van der Waals surface area contributed by atoms with Gasteiger partial charge in [-0.1, -0.05) is 64.4 Å². The molecule has 1 heterocycles. The third kappa shape index (κ3) is 5.52. The molecule has 0 spiro atoms. The van der Waals surface area contributed by atoms with E-state index in [1.807, 2.05) is 23.9 Å². The number of hydrogen-bond donors (Lipinski definition) is 2. The molecule has 1 fully saturated rings. The fourth-order valence-corrected chi connectivity index (χ4v) is 5.86. The average molecular weight is 484 g/mol. The number of halogens is 1. The van der Waals surface area contributed by atoms with Crippen molar-refractivity contribution < 1.29 is 4.79 Å². The number of amides is 2. The number of fused-ring (bicyclic) bond motifs is 1. The highest BCUT2D eigenvalue weighted by molar-refractivity contribution is 8.00. The molecule has 1 aliphatic rings. The molecular formula is C27H34ClN3OS. The van der Waals surface area contributed by atoms with Gasteiger partial charge in [0, 0.05) is 50.3 Å². The van der Waals surface area contributed by atoms with E-state index in [9.17, 15) is 4.79 Å². The highest BCUT2D eigenvalue weighted by atomic mass is 35.5. The summed E-state index contributed by atoms with van der Waals surface area (Å²) in [5.41, 5.74) is 10.6. The van der Waals surface area contributed by atoms with Crippen LogP contribution in [0.3, 0.4) is 0 Å². The number of primary amides is 1. The zero-order valence-corrected chi connectivity index (χ0v) is 21.7. The van der Waals surface area contributed by atoms with Gasteiger partial charge in [-0.15, -0.1) is 11.8 Å². The Bertz CT molecular complexity index is 1160. The van der Waals surface area contributed by atoms with E-state index in [1.54, 1.807) is 0 Å². The Kier molecular flexibility index (Phi) is 6.75. The summed E-state index contributed by atoms with van der Waals surface area (Å²) in [5.74, 6) is 1.29. The second kappa shape index (κ2) is 9.27. The number of aromatic nitrogens is 1. The maximum absolute atomic E-state index is 11.3. The van der Waals surface area contributed by atoms with E-state index in [0.717, 1.165) is 18.0 Å². The second-order valence-electron chi connectivity index (χ2n) is 10.4. The van der Waals surface area contributed by atoms with Gasteiger partial charge in [-0.3, -0.25) is 0 Å². The van der Waals surface area contributed by atoms with E-state index in [2.05, 4.69) is 74.8 Å². The molecular weight excluding hydrogens is 450 g/mol. The van der Waals surface area contributed by atoms with E-state index in [-0.39, 0.29) is 4.75 Å². The van der Waals surface area contributed by atoms with Crippen LogP contribution in [0, 0.1) is 5.92 Å². The molecule has 0 bridgehead atoms. The molecule has 1 saturated carbocycles. The van der Waals surface area contributed by atoms with Crippen molar-refractivity contribution >= 4 is 40.3 Å². The summed E-state index contributed by atoms with van der Waals surface area (Å²) in [7, 11) is 0. The lowest BCUT2D eigenvalue weighted by molar-refractivity contribution is 0.248. The zero-order chi connectivity index (χ0) is 23.9. The van der Waals surface area contributed by atoms with E-state index in [1.165, 1.54) is 32.6 Å². The van der Waals surface area contributed by atoms with Gasteiger partial charge in [0.15, 0.2) is 0 Å². The van der Waals surface area contributed by atoms with E-state index < -0.39 is 6.03 Å². The van der Waals surface area contributed by atoms with Gasteiger partial charge in [0.1, 0.15) is 0 Å². The first-order valence-corrected chi connectivity index (χ1v) is 12.9. The van der Waals surface area contributed by atoms with Gasteiger partial charge >= 0.3 is 6.03 Å². The summed E-state index contributed by atoms with van der Waals surface area (Å²) in [6, 6.07) is 14.6. The molecule has 0 unspecified atom stereocenters. The fraction of sp³-hybridized carbons (Fsp3) is 0.444. The van der Waals surface area contributed by atoms with Crippen LogP contribution in [-0.4, -0.2) is 21.9 Å². The van der Waals surface area contributed by atoms with Gasteiger partial charge in [0.2, 0.25) is 0 Å². The van der Waals surface area contributed by atoms with Crippen molar-refractivity contribution in [2.45, 2.75) is 69.1 Å². The summed E-state index contributed by atoms with van der Waals surface area (Å²) in [6.07, 6.45) is 1.06. The third-order valence-corrected chi connectivity index (χ3v) is 7.72. The molecule has 1 aromatic heterocycles. The van der Waals surface area contributed by atoms with Crippen molar-refractivity contribution in [2.24, 2.45) is 11.7 Å².